The zero-order chi connectivity index (χ0) is 19.2. The van der Waals surface area contributed by atoms with Gasteiger partial charge in [-0.15, -0.1) is 0 Å². The minimum absolute atomic E-state index is 0.138. The van der Waals surface area contributed by atoms with Crippen molar-refractivity contribution in [1.29, 1.82) is 0 Å². The summed E-state index contributed by atoms with van der Waals surface area (Å²) in [4.78, 5) is 37.8. The molecule has 27 heavy (non-hydrogen) atoms. The van der Waals surface area contributed by atoms with Crippen LogP contribution in [0, 0.1) is 0 Å². The van der Waals surface area contributed by atoms with Crippen molar-refractivity contribution in [1.82, 2.24) is 14.5 Å². The van der Waals surface area contributed by atoms with Crippen LogP contribution in [0.5, 0.6) is 0 Å². The van der Waals surface area contributed by atoms with Crippen molar-refractivity contribution in [2.24, 2.45) is 7.05 Å². The van der Waals surface area contributed by atoms with Gasteiger partial charge in [0.25, 0.3) is 5.56 Å². The van der Waals surface area contributed by atoms with Crippen molar-refractivity contribution in [3.05, 3.63) is 93.3 Å². The van der Waals surface area contributed by atoms with Gasteiger partial charge in [0.2, 0.25) is 5.91 Å². The van der Waals surface area contributed by atoms with Crippen molar-refractivity contribution in [3.63, 3.8) is 0 Å². The van der Waals surface area contributed by atoms with Gasteiger partial charge in [-0.05, 0) is 23.8 Å². The normalized spacial score (nSPS) is 10.6. The first-order chi connectivity index (χ1) is 13.0. The van der Waals surface area contributed by atoms with Crippen LogP contribution in [0.3, 0.4) is 0 Å². The molecule has 1 aromatic heterocycles. The molecule has 0 fully saturated rings. The Hall–Kier alpha value is -3.06. The van der Waals surface area contributed by atoms with Crippen LogP contribution >= 0.6 is 11.8 Å². The van der Waals surface area contributed by atoms with Crippen molar-refractivity contribution in [2.75, 3.05) is 0 Å². The van der Waals surface area contributed by atoms with Gasteiger partial charge >= 0.3 is 5.69 Å². The SMILES string of the molecule is Cn1c(=O)ccn(CC(=O)NCc2ccccc2Sc2ccccc2)c1=O. The Morgan fingerprint density at radius 3 is 2.48 bits per heavy atom. The second kappa shape index (κ2) is 8.55. The number of carbonyl (C=O) groups excluding carboxylic acids is 1. The van der Waals surface area contributed by atoms with Gasteiger partial charge in [0.15, 0.2) is 0 Å². The van der Waals surface area contributed by atoms with E-state index in [9.17, 15) is 14.4 Å². The Labute approximate surface area is 160 Å². The van der Waals surface area contributed by atoms with Crippen molar-refractivity contribution < 1.29 is 4.79 Å². The van der Waals surface area contributed by atoms with E-state index in [0.29, 0.717) is 6.54 Å². The lowest BCUT2D eigenvalue weighted by Crippen LogP contribution is -2.40. The minimum atomic E-state index is -0.516. The van der Waals surface area contributed by atoms with Gasteiger partial charge in [0.05, 0.1) is 0 Å². The molecule has 6 nitrogen and oxygen atoms in total. The van der Waals surface area contributed by atoms with E-state index in [2.05, 4.69) is 5.32 Å². The molecule has 1 heterocycles. The first-order valence-electron chi connectivity index (χ1n) is 8.38. The molecular weight excluding hydrogens is 362 g/mol. The molecule has 0 bridgehead atoms. The molecule has 0 aliphatic rings. The Balaban J connectivity index is 1.67. The number of hydrogen-bond acceptors (Lipinski definition) is 4. The molecule has 0 saturated carbocycles. The van der Waals surface area contributed by atoms with Gasteiger partial charge < -0.3 is 5.32 Å². The molecular formula is C20H19N3O3S. The van der Waals surface area contributed by atoms with E-state index in [1.54, 1.807) is 11.8 Å². The molecule has 7 heteroatoms. The average molecular weight is 381 g/mol. The van der Waals surface area contributed by atoms with Crippen LogP contribution in [0.15, 0.2) is 86.2 Å². The maximum atomic E-state index is 12.2. The number of nitrogens with zero attached hydrogens (tertiary/aromatic N) is 2. The zero-order valence-corrected chi connectivity index (χ0v) is 15.6. The molecule has 2 aromatic carbocycles. The molecule has 0 aliphatic heterocycles. The monoisotopic (exact) mass is 381 g/mol. The Morgan fingerprint density at radius 2 is 1.70 bits per heavy atom. The first kappa shape index (κ1) is 18.7. The summed E-state index contributed by atoms with van der Waals surface area (Å²) >= 11 is 1.63. The maximum absolute atomic E-state index is 12.2. The summed E-state index contributed by atoms with van der Waals surface area (Å²) in [6.07, 6.45) is 1.34. The summed E-state index contributed by atoms with van der Waals surface area (Å²) in [5.41, 5.74) is 0.0775. The molecule has 0 atom stereocenters. The van der Waals surface area contributed by atoms with E-state index in [-0.39, 0.29) is 12.5 Å². The summed E-state index contributed by atoms with van der Waals surface area (Å²) in [5, 5.41) is 2.84. The number of rotatable bonds is 6. The molecule has 1 N–H and O–H groups in total. The van der Waals surface area contributed by atoms with Crippen LogP contribution in [0.25, 0.3) is 0 Å². The standard InChI is InChI=1S/C20H19N3O3S/c1-22-19(25)11-12-23(20(22)26)14-18(24)21-13-15-7-5-6-10-17(15)27-16-8-3-2-4-9-16/h2-12H,13-14H2,1H3,(H,21,24). The van der Waals surface area contributed by atoms with Gasteiger partial charge in [0, 0.05) is 35.6 Å². The third-order valence-corrected chi connectivity index (χ3v) is 5.12. The highest BCUT2D eigenvalue weighted by Crippen LogP contribution is 2.30. The molecule has 3 aromatic rings. The number of aromatic nitrogens is 2. The molecule has 0 unspecified atom stereocenters. The van der Waals surface area contributed by atoms with Crippen LogP contribution in [0.4, 0.5) is 0 Å². The smallest absolute Gasteiger partial charge is 0.331 e. The lowest BCUT2D eigenvalue weighted by atomic mass is 10.2. The maximum Gasteiger partial charge on any atom is 0.331 e. The zero-order valence-electron chi connectivity index (χ0n) is 14.8. The van der Waals surface area contributed by atoms with Crippen molar-refractivity contribution in [2.45, 2.75) is 22.9 Å². The van der Waals surface area contributed by atoms with Crippen LogP contribution < -0.4 is 16.6 Å². The molecule has 0 spiro atoms. The van der Waals surface area contributed by atoms with E-state index < -0.39 is 11.2 Å². The largest absolute Gasteiger partial charge is 0.350 e. The summed E-state index contributed by atoms with van der Waals surface area (Å²) in [6, 6.07) is 19.1. The van der Waals surface area contributed by atoms with Crippen LogP contribution in [-0.2, 0) is 24.9 Å². The summed E-state index contributed by atoms with van der Waals surface area (Å²) in [5.74, 6) is -0.296. The highest BCUT2D eigenvalue weighted by Gasteiger charge is 2.09. The highest BCUT2D eigenvalue weighted by atomic mass is 32.2. The Kier molecular flexibility index (Phi) is 5.93. The summed E-state index contributed by atoms with van der Waals surface area (Å²) < 4.78 is 2.18. The lowest BCUT2D eigenvalue weighted by Gasteiger charge is -2.11. The molecule has 3 rings (SSSR count). The predicted octanol–water partition coefficient (Wildman–Crippen LogP) is 2.01. The molecule has 1 amide bonds. The molecule has 138 valence electrons. The van der Waals surface area contributed by atoms with E-state index >= 15 is 0 Å². The van der Waals surface area contributed by atoms with E-state index in [1.165, 1.54) is 23.9 Å². The topological polar surface area (TPSA) is 73.1 Å². The second-order valence-electron chi connectivity index (χ2n) is 5.92. The predicted molar refractivity (Wildman–Crippen MR) is 105 cm³/mol. The van der Waals surface area contributed by atoms with Crippen molar-refractivity contribution >= 4 is 17.7 Å². The van der Waals surface area contributed by atoms with Crippen molar-refractivity contribution in [3.8, 4) is 0 Å². The van der Waals surface area contributed by atoms with Gasteiger partial charge in [-0.2, -0.15) is 0 Å². The van der Waals surface area contributed by atoms with Gasteiger partial charge in [-0.3, -0.25) is 18.7 Å². The van der Waals surface area contributed by atoms with Crippen LogP contribution in [0.2, 0.25) is 0 Å². The molecule has 0 saturated heterocycles. The fourth-order valence-electron chi connectivity index (χ4n) is 2.51. The van der Waals surface area contributed by atoms with Gasteiger partial charge in [0.1, 0.15) is 6.54 Å². The third kappa shape index (κ3) is 4.77. The van der Waals surface area contributed by atoms with Gasteiger partial charge in [-0.1, -0.05) is 48.2 Å². The molecule has 0 aliphatic carbocycles. The first-order valence-corrected chi connectivity index (χ1v) is 9.20. The number of benzene rings is 2. The summed E-state index contributed by atoms with van der Waals surface area (Å²) in [7, 11) is 1.39. The number of hydrogen-bond donors (Lipinski definition) is 1. The minimum Gasteiger partial charge on any atom is -0.350 e. The van der Waals surface area contributed by atoms with E-state index in [1.807, 2.05) is 54.6 Å². The Morgan fingerprint density at radius 1 is 1.00 bits per heavy atom. The van der Waals surface area contributed by atoms with E-state index in [4.69, 9.17) is 0 Å². The third-order valence-electron chi connectivity index (χ3n) is 3.99. The van der Waals surface area contributed by atoms with E-state index in [0.717, 1.165) is 19.9 Å². The van der Waals surface area contributed by atoms with Gasteiger partial charge in [-0.25, -0.2) is 4.79 Å². The fraction of sp³-hybridized carbons (Fsp3) is 0.150. The number of amides is 1. The molecule has 0 radical (unpaired) electrons. The van der Waals surface area contributed by atoms with Crippen LogP contribution in [-0.4, -0.2) is 15.0 Å². The number of carbonyl (C=O) groups is 1. The quantitative estimate of drug-likeness (QED) is 0.709. The highest BCUT2D eigenvalue weighted by molar-refractivity contribution is 7.99. The number of nitrogens with one attached hydrogen (secondary N) is 1. The Bertz CT molecular complexity index is 1060. The fourth-order valence-corrected chi connectivity index (χ4v) is 3.47. The van der Waals surface area contributed by atoms with Crippen LogP contribution in [0.1, 0.15) is 5.56 Å². The lowest BCUT2D eigenvalue weighted by molar-refractivity contribution is -0.121. The second-order valence-corrected chi connectivity index (χ2v) is 7.04. The average Bonchev–Trinajstić information content (AvgIpc) is 2.68. The summed E-state index contributed by atoms with van der Waals surface area (Å²) in [6.45, 7) is 0.219.